The van der Waals surface area contributed by atoms with E-state index >= 15 is 0 Å². The second kappa shape index (κ2) is 7.28. The number of ether oxygens (including phenoxy) is 1. The van der Waals surface area contributed by atoms with Gasteiger partial charge in [0.1, 0.15) is 11.6 Å². The molecule has 24 heavy (non-hydrogen) atoms. The van der Waals surface area contributed by atoms with Crippen LogP contribution in [0.15, 0.2) is 30.3 Å². The van der Waals surface area contributed by atoms with Gasteiger partial charge in [-0.25, -0.2) is 4.98 Å². The van der Waals surface area contributed by atoms with E-state index < -0.39 is 0 Å². The quantitative estimate of drug-likeness (QED) is 0.823. The van der Waals surface area contributed by atoms with Gasteiger partial charge in [-0.15, -0.1) is 0 Å². The number of amides is 1. The molecule has 0 aliphatic rings. The number of carbonyl (C=O) groups is 1. The molecule has 0 aliphatic carbocycles. The molecule has 0 fully saturated rings. The lowest BCUT2D eigenvalue weighted by Crippen LogP contribution is -2.41. The third-order valence-electron chi connectivity index (χ3n) is 2.92. The van der Waals surface area contributed by atoms with E-state index in [-0.39, 0.29) is 17.1 Å². The second-order valence-electron chi connectivity index (χ2n) is 6.23. The van der Waals surface area contributed by atoms with E-state index in [1.165, 1.54) is 7.11 Å². The molecular weight excluding hydrogens is 349 g/mol. The summed E-state index contributed by atoms with van der Waals surface area (Å²) in [7, 11) is 1.49. The van der Waals surface area contributed by atoms with Crippen molar-refractivity contribution in [2.75, 3.05) is 12.4 Å². The summed E-state index contributed by atoms with van der Waals surface area (Å²) in [4.78, 5) is 16.8. The van der Waals surface area contributed by atoms with E-state index in [4.69, 9.17) is 27.9 Å². The summed E-state index contributed by atoms with van der Waals surface area (Å²) in [6.07, 6.45) is 0. The van der Waals surface area contributed by atoms with Gasteiger partial charge in [0, 0.05) is 21.3 Å². The Labute approximate surface area is 151 Å². The van der Waals surface area contributed by atoms with Gasteiger partial charge in [-0.2, -0.15) is 0 Å². The van der Waals surface area contributed by atoms with Crippen molar-refractivity contribution in [2.24, 2.45) is 0 Å². The maximum Gasteiger partial charge on any atom is 0.274 e. The SMILES string of the molecule is COc1ccc(Nc2cc(Cl)cc(Cl)c2)nc1C(=O)NC(C)(C)C. The minimum Gasteiger partial charge on any atom is -0.494 e. The van der Waals surface area contributed by atoms with Crippen LogP contribution in [-0.4, -0.2) is 23.5 Å². The zero-order chi connectivity index (χ0) is 17.9. The lowest BCUT2D eigenvalue weighted by Gasteiger charge is -2.21. The van der Waals surface area contributed by atoms with Crippen LogP contribution >= 0.6 is 23.2 Å². The highest BCUT2D eigenvalue weighted by molar-refractivity contribution is 6.35. The molecule has 0 spiro atoms. The van der Waals surface area contributed by atoms with Crippen LogP contribution in [0.3, 0.4) is 0 Å². The van der Waals surface area contributed by atoms with Gasteiger partial charge >= 0.3 is 0 Å². The number of aromatic nitrogens is 1. The summed E-state index contributed by atoms with van der Waals surface area (Å²) in [6.45, 7) is 5.69. The van der Waals surface area contributed by atoms with Gasteiger partial charge in [0.25, 0.3) is 5.91 Å². The van der Waals surface area contributed by atoms with Gasteiger partial charge in [-0.1, -0.05) is 23.2 Å². The standard InChI is InChI=1S/C17H19Cl2N3O2/c1-17(2,3)22-16(23)15-13(24-4)5-6-14(21-15)20-12-8-10(18)7-11(19)9-12/h5-9H,1-4H3,(H,20,21)(H,22,23). The van der Waals surface area contributed by atoms with Crippen molar-refractivity contribution in [2.45, 2.75) is 26.3 Å². The predicted molar refractivity (Wildman–Crippen MR) is 97.8 cm³/mol. The van der Waals surface area contributed by atoms with Gasteiger partial charge in [0.05, 0.1) is 7.11 Å². The van der Waals surface area contributed by atoms with Gasteiger partial charge < -0.3 is 15.4 Å². The summed E-state index contributed by atoms with van der Waals surface area (Å²) < 4.78 is 5.23. The van der Waals surface area contributed by atoms with Crippen molar-refractivity contribution in [1.29, 1.82) is 0 Å². The Hall–Kier alpha value is -1.98. The number of halogens is 2. The molecule has 0 saturated heterocycles. The fourth-order valence-corrected chi connectivity index (χ4v) is 2.54. The maximum atomic E-state index is 12.4. The third-order valence-corrected chi connectivity index (χ3v) is 3.35. The van der Waals surface area contributed by atoms with Gasteiger partial charge in [0.15, 0.2) is 5.69 Å². The largest absolute Gasteiger partial charge is 0.494 e. The molecule has 0 radical (unpaired) electrons. The normalized spacial score (nSPS) is 11.1. The number of hydrogen-bond donors (Lipinski definition) is 2. The van der Waals surface area contributed by atoms with Crippen LogP contribution in [0, 0.1) is 0 Å². The van der Waals surface area contributed by atoms with E-state index in [0.717, 1.165) is 0 Å². The number of nitrogens with one attached hydrogen (secondary N) is 2. The number of nitrogens with zero attached hydrogens (tertiary/aromatic N) is 1. The van der Waals surface area contributed by atoms with E-state index in [0.29, 0.717) is 27.3 Å². The molecule has 0 saturated carbocycles. The number of pyridine rings is 1. The Balaban J connectivity index is 2.32. The van der Waals surface area contributed by atoms with Gasteiger partial charge in [-0.05, 0) is 51.1 Å². The first-order valence-electron chi connectivity index (χ1n) is 7.28. The number of anilines is 2. The molecule has 0 atom stereocenters. The zero-order valence-corrected chi connectivity index (χ0v) is 15.4. The molecule has 0 aliphatic heterocycles. The van der Waals surface area contributed by atoms with Crippen molar-refractivity contribution in [3.63, 3.8) is 0 Å². The average Bonchev–Trinajstić information content (AvgIpc) is 2.44. The van der Waals surface area contributed by atoms with Crippen molar-refractivity contribution in [3.8, 4) is 5.75 Å². The Bertz CT molecular complexity index is 738. The summed E-state index contributed by atoms with van der Waals surface area (Å²) in [5.41, 5.74) is 0.492. The zero-order valence-electron chi connectivity index (χ0n) is 13.9. The molecule has 1 heterocycles. The monoisotopic (exact) mass is 367 g/mol. The highest BCUT2D eigenvalue weighted by Gasteiger charge is 2.20. The topological polar surface area (TPSA) is 63.2 Å². The fourth-order valence-electron chi connectivity index (χ4n) is 2.02. The second-order valence-corrected chi connectivity index (χ2v) is 7.11. The molecule has 2 rings (SSSR count). The molecule has 0 bridgehead atoms. The number of methoxy groups -OCH3 is 1. The smallest absolute Gasteiger partial charge is 0.274 e. The minimum absolute atomic E-state index is 0.200. The molecule has 1 aromatic carbocycles. The first-order valence-corrected chi connectivity index (χ1v) is 8.04. The summed E-state index contributed by atoms with van der Waals surface area (Å²) in [6, 6.07) is 8.46. The molecular formula is C17H19Cl2N3O2. The third kappa shape index (κ3) is 5.01. The van der Waals surface area contributed by atoms with Crippen LogP contribution in [0.25, 0.3) is 0 Å². The van der Waals surface area contributed by atoms with Gasteiger partial charge in [-0.3, -0.25) is 4.79 Å². The van der Waals surface area contributed by atoms with Crippen LogP contribution < -0.4 is 15.4 Å². The van der Waals surface area contributed by atoms with Crippen LogP contribution in [0.5, 0.6) is 5.75 Å². The Morgan fingerprint density at radius 3 is 2.29 bits per heavy atom. The first-order chi connectivity index (χ1) is 11.2. The molecule has 2 aromatic rings. The van der Waals surface area contributed by atoms with Crippen LogP contribution in [0.4, 0.5) is 11.5 Å². The van der Waals surface area contributed by atoms with E-state index in [1.54, 1.807) is 30.3 Å². The summed E-state index contributed by atoms with van der Waals surface area (Å²) in [5, 5.41) is 6.96. The Morgan fingerprint density at radius 2 is 1.75 bits per heavy atom. The van der Waals surface area contributed by atoms with Crippen molar-refractivity contribution < 1.29 is 9.53 Å². The highest BCUT2D eigenvalue weighted by Crippen LogP contribution is 2.26. The van der Waals surface area contributed by atoms with Crippen LogP contribution in [0.1, 0.15) is 31.3 Å². The lowest BCUT2D eigenvalue weighted by molar-refractivity contribution is 0.0911. The summed E-state index contributed by atoms with van der Waals surface area (Å²) >= 11 is 12.0. The molecule has 1 aromatic heterocycles. The van der Waals surface area contributed by atoms with E-state index in [1.807, 2.05) is 20.8 Å². The fraction of sp³-hybridized carbons (Fsp3) is 0.294. The summed E-state index contributed by atoms with van der Waals surface area (Å²) in [5.74, 6) is 0.562. The van der Waals surface area contributed by atoms with Crippen molar-refractivity contribution >= 4 is 40.6 Å². The Kier molecular flexibility index (Phi) is 5.57. The number of hydrogen-bond acceptors (Lipinski definition) is 4. The minimum atomic E-state index is -0.381. The molecule has 1 amide bonds. The molecule has 2 N–H and O–H groups in total. The lowest BCUT2D eigenvalue weighted by atomic mass is 10.1. The van der Waals surface area contributed by atoms with E-state index in [9.17, 15) is 4.79 Å². The Morgan fingerprint density at radius 1 is 1.12 bits per heavy atom. The first kappa shape index (κ1) is 18.4. The van der Waals surface area contributed by atoms with E-state index in [2.05, 4.69) is 15.6 Å². The number of carbonyl (C=O) groups excluding carboxylic acids is 1. The average molecular weight is 368 g/mol. The van der Waals surface area contributed by atoms with Crippen molar-refractivity contribution in [3.05, 3.63) is 46.1 Å². The number of rotatable bonds is 4. The maximum absolute atomic E-state index is 12.4. The molecule has 128 valence electrons. The van der Waals surface area contributed by atoms with Crippen molar-refractivity contribution in [1.82, 2.24) is 10.3 Å². The van der Waals surface area contributed by atoms with Gasteiger partial charge in [0.2, 0.25) is 0 Å². The molecule has 5 nitrogen and oxygen atoms in total. The highest BCUT2D eigenvalue weighted by atomic mass is 35.5. The van der Waals surface area contributed by atoms with Crippen LogP contribution in [-0.2, 0) is 0 Å². The molecule has 0 unspecified atom stereocenters. The molecule has 7 heteroatoms. The predicted octanol–water partition coefficient (Wildman–Crippen LogP) is 4.67. The number of benzene rings is 1. The van der Waals surface area contributed by atoms with Crippen LogP contribution in [0.2, 0.25) is 10.0 Å².